The standard InChI is InChI=1S/C61H99NO18/c1-3-5-7-9-10-11-12-13-14-15-16-17-18-19-20-21-22-23-24-25-26-27-28-29-30-31-32-33-34-35-37-39-49(67)62-44(45(66)38-36-8-6-4-2)43-75-59-55(73)52(70)57(47(41-64)77-59)80-61-56(74)53(71)58(48(42-65)78-61)79-60-54(72)51(69)50(68)46(40-63)76-60/h5,7,10-11,13-14,16-17,19-20,22-23,25-26,28-29,36,38,44-48,50-61,63-66,68-74H,3-4,6,8-9,12,15,18,21,24,27,30-35,37,39-43H2,1-2H3,(H,62,67)/b7-5-,11-10-,14-13-,17-16-,20-19-,23-22-,26-25-,29-28-,38-36+. The number of hydrogen-bond donors (Lipinski definition) is 12. The molecular weight excluding hydrogens is 1030 g/mol. The molecule has 3 saturated heterocycles. The molecule has 19 heteroatoms. The summed E-state index contributed by atoms with van der Waals surface area (Å²) in [4.78, 5) is 13.2. The van der Waals surface area contributed by atoms with Gasteiger partial charge in [0.1, 0.15) is 73.2 Å². The summed E-state index contributed by atoms with van der Waals surface area (Å²) >= 11 is 0. The summed E-state index contributed by atoms with van der Waals surface area (Å²) in [5.41, 5.74) is 0. The molecule has 19 nitrogen and oxygen atoms in total. The van der Waals surface area contributed by atoms with Crippen LogP contribution in [0.15, 0.2) is 109 Å². The number of carbonyl (C=O) groups is 1. The van der Waals surface area contributed by atoms with Crippen LogP contribution in [0, 0.1) is 0 Å². The average molecular weight is 1130 g/mol. The maximum Gasteiger partial charge on any atom is 0.220 e. The van der Waals surface area contributed by atoms with Gasteiger partial charge in [0.2, 0.25) is 5.91 Å². The van der Waals surface area contributed by atoms with Crippen molar-refractivity contribution < 1.29 is 89.4 Å². The van der Waals surface area contributed by atoms with Crippen LogP contribution < -0.4 is 5.32 Å². The van der Waals surface area contributed by atoms with Crippen LogP contribution in [-0.4, -0.2) is 193 Å². The zero-order chi connectivity index (χ0) is 58.3. The van der Waals surface area contributed by atoms with Gasteiger partial charge in [-0.15, -0.1) is 0 Å². The van der Waals surface area contributed by atoms with E-state index in [0.717, 1.165) is 103 Å². The van der Waals surface area contributed by atoms with E-state index in [1.165, 1.54) is 0 Å². The van der Waals surface area contributed by atoms with E-state index in [0.29, 0.717) is 12.8 Å². The third kappa shape index (κ3) is 26.8. The van der Waals surface area contributed by atoms with Crippen LogP contribution in [0.25, 0.3) is 0 Å². The number of nitrogens with one attached hydrogen (secondary N) is 1. The van der Waals surface area contributed by atoms with Crippen molar-refractivity contribution in [2.75, 3.05) is 26.4 Å². The minimum atomic E-state index is -1.98. The largest absolute Gasteiger partial charge is 0.394 e. The van der Waals surface area contributed by atoms with E-state index in [4.69, 9.17) is 28.4 Å². The summed E-state index contributed by atoms with van der Waals surface area (Å²) in [6, 6.07) is -0.984. The number of rotatable bonds is 40. The van der Waals surface area contributed by atoms with Gasteiger partial charge in [0.15, 0.2) is 18.9 Å². The second-order valence-corrected chi connectivity index (χ2v) is 20.4. The van der Waals surface area contributed by atoms with E-state index in [1.807, 2.05) is 6.92 Å². The maximum atomic E-state index is 13.2. The lowest BCUT2D eigenvalue weighted by Gasteiger charge is -2.48. The van der Waals surface area contributed by atoms with Gasteiger partial charge in [-0.25, -0.2) is 0 Å². The monoisotopic (exact) mass is 1130 g/mol. The zero-order valence-electron chi connectivity index (χ0n) is 47.2. The lowest BCUT2D eigenvalue weighted by atomic mass is 9.96. The van der Waals surface area contributed by atoms with E-state index in [1.54, 1.807) is 12.2 Å². The highest BCUT2D eigenvalue weighted by molar-refractivity contribution is 5.76. The summed E-state index contributed by atoms with van der Waals surface area (Å²) in [5, 5.41) is 119. The van der Waals surface area contributed by atoms with Crippen molar-refractivity contribution in [2.24, 2.45) is 0 Å². The number of carbonyl (C=O) groups excluding carboxylic acids is 1. The van der Waals surface area contributed by atoms with Gasteiger partial charge in [0.05, 0.1) is 38.6 Å². The van der Waals surface area contributed by atoms with E-state index in [2.05, 4.69) is 109 Å². The second-order valence-electron chi connectivity index (χ2n) is 20.4. The molecule has 0 spiro atoms. The van der Waals surface area contributed by atoms with Crippen molar-refractivity contribution in [1.82, 2.24) is 5.32 Å². The van der Waals surface area contributed by atoms with Gasteiger partial charge in [0.25, 0.3) is 0 Å². The lowest BCUT2D eigenvalue weighted by molar-refractivity contribution is -0.379. The van der Waals surface area contributed by atoms with Gasteiger partial charge in [-0.05, 0) is 77.0 Å². The van der Waals surface area contributed by atoms with E-state index in [9.17, 15) is 61.0 Å². The van der Waals surface area contributed by atoms with Crippen LogP contribution in [0.1, 0.15) is 136 Å². The normalized spacial score (nSPS) is 30.8. The molecule has 17 unspecified atom stereocenters. The Bertz CT molecular complexity index is 1880. The highest BCUT2D eigenvalue weighted by atomic mass is 16.8. The zero-order valence-corrected chi connectivity index (χ0v) is 47.2. The summed E-state index contributed by atoms with van der Waals surface area (Å²) in [5.74, 6) is -0.307. The molecule has 0 aromatic heterocycles. The van der Waals surface area contributed by atoms with Gasteiger partial charge in [-0.1, -0.05) is 162 Å². The quantitative estimate of drug-likeness (QED) is 0.0291. The van der Waals surface area contributed by atoms with E-state index < -0.39 is 124 Å². The summed E-state index contributed by atoms with van der Waals surface area (Å²) in [7, 11) is 0. The highest BCUT2D eigenvalue weighted by Gasteiger charge is 2.53. The van der Waals surface area contributed by atoms with Crippen LogP contribution in [0.3, 0.4) is 0 Å². The number of allylic oxidation sites excluding steroid dienone is 17. The van der Waals surface area contributed by atoms with Crippen molar-refractivity contribution in [3.05, 3.63) is 109 Å². The molecule has 3 aliphatic heterocycles. The Balaban J connectivity index is 1.34. The number of aliphatic hydroxyl groups excluding tert-OH is 11. The third-order valence-corrected chi connectivity index (χ3v) is 13.8. The first-order valence-electron chi connectivity index (χ1n) is 29.1. The van der Waals surface area contributed by atoms with E-state index in [-0.39, 0.29) is 18.9 Å². The fraction of sp³-hybridized carbons (Fsp3) is 0.689. The number of amides is 1. The Morgan fingerprint density at radius 3 is 1.34 bits per heavy atom. The van der Waals surface area contributed by atoms with Gasteiger partial charge in [-0.3, -0.25) is 4.79 Å². The molecule has 12 N–H and O–H groups in total. The number of unbranched alkanes of at least 4 members (excludes halogenated alkanes) is 8. The minimum Gasteiger partial charge on any atom is -0.394 e. The van der Waals surface area contributed by atoms with Crippen LogP contribution in [0.4, 0.5) is 0 Å². The van der Waals surface area contributed by atoms with Crippen molar-refractivity contribution >= 4 is 5.91 Å². The predicted molar refractivity (Wildman–Crippen MR) is 304 cm³/mol. The Morgan fingerprint density at radius 2 is 0.863 bits per heavy atom. The van der Waals surface area contributed by atoms with Gasteiger partial charge in [-0.2, -0.15) is 0 Å². The highest BCUT2D eigenvalue weighted by Crippen LogP contribution is 2.33. The molecule has 0 aromatic carbocycles. The first-order chi connectivity index (χ1) is 38.8. The second kappa shape index (κ2) is 43.1. The number of hydrogen-bond acceptors (Lipinski definition) is 18. The van der Waals surface area contributed by atoms with Crippen molar-refractivity contribution in [2.45, 2.75) is 240 Å². The molecule has 80 heavy (non-hydrogen) atoms. The Labute approximate surface area is 475 Å². The summed E-state index contributed by atoms with van der Waals surface area (Å²) < 4.78 is 34.0. The summed E-state index contributed by atoms with van der Waals surface area (Å²) in [6.45, 7) is 1.37. The van der Waals surface area contributed by atoms with Crippen molar-refractivity contribution in [1.29, 1.82) is 0 Å². The molecule has 0 radical (unpaired) electrons. The lowest BCUT2D eigenvalue weighted by Crippen LogP contribution is -2.66. The van der Waals surface area contributed by atoms with Crippen molar-refractivity contribution in [3.8, 4) is 0 Å². The van der Waals surface area contributed by atoms with Crippen LogP contribution in [0.5, 0.6) is 0 Å². The fourth-order valence-corrected chi connectivity index (χ4v) is 9.01. The minimum absolute atomic E-state index is 0.216. The Hall–Kier alpha value is -3.55. The van der Waals surface area contributed by atoms with Crippen LogP contribution in [0.2, 0.25) is 0 Å². The number of ether oxygens (including phenoxy) is 6. The first-order valence-corrected chi connectivity index (χ1v) is 29.1. The molecule has 3 aliphatic rings. The molecule has 3 rings (SSSR count). The van der Waals surface area contributed by atoms with Crippen LogP contribution >= 0.6 is 0 Å². The van der Waals surface area contributed by atoms with Gasteiger partial charge in [0, 0.05) is 6.42 Å². The van der Waals surface area contributed by atoms with Crippen LogP contribution in [-0.2, 0) is 33.2 Å². The molecule has 1 amide bonds. The number of aliphatic hydroxyl groups is 11. The molecule has 456 valence electrons. The Kier molecular flexibility index (Phi) is 38.1. The predicted octanol–water partition coefficient (Wildman–Crippen LogP) is 4.75. The molecule has 3 fully saturated rings. The molecule has 0 aromatic rings. The first kappa shape index (κ1) is 70.7. The molecule has 0 aliphatic carbocycles. The maximum absolute atomic E-state index is 13.2. The Morgan fingerprint density at radius 1 is 0.463 bits per heavy atom. The molecule has 0 bridgehead atoms. The third-order valence-electron chi connectivity index (χ3n) is 13.8. The van der Waals surface area contributed by atoms with E-state index >= 15 is 0 Å². The smallest absolute Gasteiger partial charge is 0.220 e. The fourth-order valence-electron chi connectivity index (χ4n) is 9.01. The molecule has 0 saturated carbocycles. The van der Waals surface area contributed by atoms with Crippen molar-refractivity contribution in [3.63, 3.8) is 0 Å². The molecular formula is C61H99NO18. The SMILES string of the molecule is CC/C=C\C/C=C\C/C=C\C/C=C\C/C=C\C/C=C\C/C=C\C/C=C\CCCCCCCCC(=O)NC(COC1OC(CO)C(OC2OC(CO)C(OC3OC(CO)C(O)C(O)C3O)C(O)C2O)C(O)C1O)C(O)/C=C/CCCC. The molecule has 17 atom stereocenters. The topological polar surface area (TPSA) is 307 Å². The summed E-state index contributed by atoms with van der Waals surface area (Å²) in [6.07, 6.45) is 29.0. The molecule has 3 heterocycles. The van der Waals surface area contributed by atoms with Gasteiger partial charge >= 0.3 is 0 Å². The average Bonchev–Trinajstić information content (AvgIpc) is 3.58. The van der Waals surface area contributed by atoms with Gasteiger partial charge < -0.3 is 89.9 Å².